The SMILES string of the molecule is O=C(C1CCOCC1)N1CCCC(Oc2ncccn2)C1. The van der Waals surface area contributed by atoms with Crippen molar-refractivity contribution in [2.24, 2.45) is 5.92 Å². The molecule has 6 nitrogen and oxygen atoms in total. The lowest BCUT2D eigenvalue weighted by atomic mass is 9.97. The van der Waals surface area contributed by atoms with Crippen molar-refractivity contribution in [3.05, 3.63) is 18.5 Å². The average molecular weight is 291 g/mol. The van der Waals surface area contributed by atoms with Crippen LogP contribution in [0.2, 0.25) is 0 Å². The van der Waals surface area contributed by atoms with Crippen molar-refractivity contribution < 1.29 is 14.3 Å². The Morgan fingerprint density at radius 2 is 2.00 bits per heavy atom. The summed E-state index contributed by atoms with van der Waals surface area (Å²) in [5.74, 6) is 0.367. The quantitative estimate of drug-likeness (QED) is 0.839. The highest BCUT2D eigenvalue weighted by Crippen LogP contribution is 2.21. The summed E-state index contributed by atoms with van der Waals surface area (Å²) in [6.07, 6.45) is 6.89. The van der Waals surface area contributed by atoms with E-state index in [1.807, 2.05) is 4.90 Å². The van der Waals surface area contributed by atoms with Crippen LogP contribution >= 0.6 is 0 Å². The van der Waals surface area contributed by atoms with Crippen LogP contribution < -0.4 is 4.74 Å². The highest BCUT2D eigenvalue weighted by Gasteiger charge is 2.30. The molecular weight excluding hydrogens is 270 g/mol. The van der Waals surface area contributed by atoms with Crippen molar-refractivity contribution in [1.29, 1.82) is 0 Å². The maximum atomic E-state index is 12.5. The summed E-state index contributed by atoms with van der Waals surface area (Å²) in [6, 6.07) is 2.15. The van der Waals surface area contributed by atoms with Gasteiger partial charge in [-0.25, -0.2) is 9.97 Å². The number of carbonyl (C=O) groups is 1. The van der Waals surface area contributed by atoms with Gasteiger partial charge in [0.15, 0.2) is 0 Å². The van der Waals surface area contributed by atoms with Gasteiger partial charge in [-0.1, -0.05) is 0 Å². The molecule has 0 aromatic carbocycles. The molecule has 0 N–H and O–H groups in total. The van der Waals surface area contributed by atoms with E-state index in [4.69, 9.17) is 9.47 Å². The van der Waals surface area contributed by atoms with Crippen LogP contribution in [-0.2, 0) is 9.53 Å². The van der Waals surface area contributed by atoms with Gasteiger partial charge >= 0.3 is 6.01 Å². The number of aromatic nitrogens is 2. The number of amides is 1. The molecule has 1 aromatic rings. The molecule has 0 radical (unpaired) electrons. The van der Waals surface area contributed by atoms with Gasteiger partial charge in [0.1, 0.15) is 6.10 Å². The minimum atomic E-state index is -0.00931. The molecule has 1 atom stereocenters. The standard InChI is InChI=1S/C15H21N3O3/c19-14(12-4-9-20-10-5-12)18-8-1-3-13(11-18)21-15-16-6-2-7-17-15/h2,6-7,12-13H,1,3-5,8-11H2. The molecule has 6 heteroatoms. The molecule has 3 heterocycles. The number of ether oxygens (including phenoxy) is 2. The minimum Gasteiger partial charge on any atom is -0.458 e. The molecule has 21 heavy (non-hydrogen) atoms. The van der Waals surface area contributed by atoms with Crippen LogP contribution in [0, 0.1) is 5.92 Å². The second kappa shape index (κ2) is 6.85. The Morgan fingerprint density at radius 1 is 1.24 bits per heavy atom. The summed E-state index contributed by atoms with van der Waals surface area (Å²) < 4.78 is 11.1. The number of hydrogen-bond acceptors (Lipinski definition) is 5. The number of carbonyl (C=O) groups excluding carboxylic acids is 1. The first-order valence-electron chi connectivity index (χ1n) is 7.63. The molecule has 1 unspecified atom stereocenters. The van der Waals surface area contributed by atoms with Gasteiger partial charge in [-0.2, -0.15) is 0 Å². The van der Waals surface area contributed by atoms with E-state index in [2.05, 4.69) is 9.97 Å². The van der Waals surface area contributed by atoms with Crippen molar-refractivity contribution in [1.82, 2.24) is 14.9 Å². The molecule has 0 saturated carbocycles. The Kier molecular flexibility index (Phi) is 4.65. The van der Waals surface area contributed by atoms with Crippen molar-refractivity contribution in [2.75, 3.05) is 26.3 Å². The van der Waals surface area contributed by atoms with Crippen molar-refractivity contribution in [2.45, 2.75) is 31.8 Å². The predicted octanol–water partition coefficient (Wildman–Crippen LogP) is 1.27. The predicted molar refractivity (Wildman–Crippen MR) is 75.8 cm³/mol. The first kappa shape index (κ1) is 14.3. The summed E-state index contributed by atoms with van der Waals surface area (Å²) in [5.41, 5.74) is 0. The Balaban J connectivity index is 1.56. The van der Waals surface area contributed by atoms with E-state index >= 15 is 0 Å². The summed E-state index contributed by atoms with van der Waals surface area (Å²) in [4.78, 5) is 22.6. The van der Waals surface area contributed by atoms with Gasteiger partial charge < -0.3 is 14.4 Å². The zero-order valence-corrected chi connectivity index (χ0v) is 12.1. The van der Waals surface area contributed by atoms with Crippen LogP contribution in [0.4, 0.5) is 0 Å². The van der Waals surface area contributed by atoms with Gasteiger partial charge in [0, 0.05) is 38.1 Å². The average Bonchev–Trinajstić information content (AvgIpc) is 2.56. The highest BCUT2D eigenvalue weighted by molar-refractivity contribution is 5.79. The van der Waals surface area contributed by atoms with Gasteiger partial charge in [0.2, 0.25) is 5.91 Å². The largest absolute Gasteiger partial charge is 0.458 e. The number of rotatable bonds is 3. The highest BCUT2D eigenvalue weighted by atomic mass is 16.5. The molecule has 0 aliphatic carbocycles. The lowest BCUT2D eigenvalue weighted by Crippen LogP contribution is -2.47. The third kappa shape index (κ3) is 3.69. The monoisotopic (exact) mass is 291 g/mol. The molecule has 2 aliphatic heterocycles. The molecule has 2 saturated heterocycles. The molecule has 2 aliphatic rings. The maximum absolute atomic E-state index is 12.5. The fourth-order valence-corrected chi connectivity index (χ4v) is 2.93. The lowest BCUT2D eigenvalue weighted by molar-refractivity contribution is -0.141. The fraction of sp³-hybridized carbons (Fsp3) is 0.667. The van der Waals surface area contributed by atoms with E-state index in [1.165, 1.54) is 0 Å². The van der Waals surface area contributed by atoms with Gasteiger partial charge in [0.05, 0.1) is 6.54 Å². The van der Waals surface area contributed by atoms with Gasteiger partial charge in [-0.3, -0.25) is 4.79 Å². The zero-order valence-electron chi connectivity index (χ0n) is 12.1. The Labute approximate surface area is 124 Å². The molecule has 1 amide bonds. The molecule has 1 aromatic heterocycles. The fourth-order valence-electron chi connectivity index (χ4n) is 2.93. The topological polar surface area (TPSA) is 64.5 Å². The molecule has 114 valence electrons. The number of likely N-dealkylation sites (tertiary alicyclic amines) is 1. The maximum Gasteiger partial charge on any atom is 0.316 e. The third-order valence-electron chi connectivity index (χ3n) is 4.07. The van der Waals surface area contributed by atoms with Crippen LogP contribution in [-0.4, -0.2) is 53.2 Å². The second-order valence-corrected chi connectivity index (χ2v) is 5.58. The van der Waals surface area contributed by atoms with E-state index in [-0.39, 0.29) is 17.9 Å². The molecule has 0 bridgehead atoms. The Hall–Kier alpha value is -1.69. The van der Waals surface area contributed by atoms with E-state index in [9.17, 15) is 4.79 Å². The number of hydrogen-bond donors (Lipinski definition) is 0. The van der Waals surface area contributed by atoms with Crippen LogP contribution in [0.1, 0.15) is 25.7 Å². The summed E-state index contributed by atoms with van der Waals surface area (Å²) >= 11 is 0. The van der Waals surface area contributed by atoms with Crippen molar-refractivity contribution in [3.8, 4) is 6.01 Å². The first-order chi connectivity index (χ1) is 10.3. The van der Waals surface area contributed by atoms with Gasteiger partial charge in [0.25, 0.3) is 0 Å². The van der Waals surface area contributed by atoms with Crippen molar-refractivity contribution >= 4 is 5.91 Å². The second-order valence-electron chi connectivity index (χ2n) is 5.58. The first-order valence-corrected chi connectivity index (χ1v) is 7.63. The molecule has 3 rings (SSSR count). The van der Waals surface area contributed by atoms with Crippen molar-refractivity contribution in [3.63, 3.8) is 0 Å². The van der Waals surface area contributed by atoms with E-state index < -0.39 is 0 Å². The van der Waals surface area contributed by atoms with Crippen LogP contribution in [0.3, 0.4) is 0 Å². The van der Waals surface area contributed by atoms with Crippen LogP contribution in [0.15, 0.2) is 18.5 Å². The number of piperidine rings is 1. The molecular formula is C15H21N3O3. The van der Waals surface area contributed by atoms with E-state index in [0.29, 0.717) is 25.8 Å². The molecule has 2 fully saturated rings. The summed E-state index contributed by atoms with van der Waals surface area (Å²) in [7, 11) is 0. The smallest absolute Gasteiger partial charge is 0.316 e. The lowest BCUT2D eigenvalue weighted by Gasteiger charge is -2.35. The summed E-state index contributed by atoms with van der Waals surface area (Å²) in [5, 5.41) is 0. The van der Waals surface area contributed by atoms with E-state index in [0.717, 1.165) is 32.2 Å². The third-order valence-corrected chi connectivity index (χ3v) is 4.07. The van der Waals surface area contributed by atoms with Crippen LogP contribution in [0.5, 0.6) is 6.01 Å². The zero-order chi connectivity index (χ0) is 14.5. The Morgan fingerprint density at radius 3 is 2.76 bits per heavy atom. The van der Waals surface area contributed by atoms with Gasteiger partial charge in [-0.15, -0.1) is 0 Å². The number of nitrogens with zero attached hydrogens (tertiary/aromatic N) is 3. The minimum absolute atomic E-state index is 0.00931. The van der Waals surface area contributed by atoms with Gasteiger partial charge in [-0.05, 0) is 31.7 Å². The van der Waals surface area contributed by atoms with Crippen LogP contribution in [0.25, 0.3) is 0 Å². The molecule has 0 spiro atoms. The summed E-state index contributed by atoms with van der Waals surface area (Å²) in [6.45, 7) is 2.85. The Bertz CT molecular complexity index is 462. The van der Waals surface area contributed by atoms with E-state index in [1.54, 1.807) is 18.5 Å². The normalized spacial score (nSPS) is 23.8.